The summed E-state index contributed by atoms with van der Waals surface area (Å²) in [6.45, 7) is 3.19. The van der Waals surface area contributed by atoms with Gasteiger partial charge in [-0.3, -0.25) is 4.79 Å². The Morgan fingerprint density at radius 3 is 2.54 bits per heavy atom. The number of nitrogens with zero attached hydrogens (tertiary/aromatic N) is 3. The first-order chi connectivity index (χ1) is 16.8. The fraction of sp³-hybridized carbons (Fsp3) is 0.385. The van der Waals surface area contributed by atoms with Crippen LogP contribution in [0.2, 0.25) is 10.0 Å². The molecule has 35 heavy (non-hydrogen) atoms. The molecule has 0 N–H and O–H groups in total. The molecule has 0 unspecified atom stereocenters. The average molecular weight is 516 g/mol. The second-order valence-corrected chi connectivity index (χ2v) is 9.64. The van der Waals surface area contributed by atoms with E-state index >= 15 is 0 Å². The molecule has 7 nitrogen and oxygen atoms in total. The number of rotatable bonds is 7. The maximum Gasteiger partial charge on any atom is 0.344 e. The molecule has 184 valence electrons. The third-order valence-electron chi connectivity index (χ3n) is 5.79. The molecule has 0 amide bonds. The van der Waals surface area contributed by atoms with Gasteiger partial charge in [0.15, 0.2) is 12.4 Å². The number of ether oxygens (including phenoxy) is 2. The topological polar surface area (TPSA) is 82.8 Å². The molecule has 3 aromatic rings. The number of hydrogen-bond acceptors (Lipinski definition) is 6. The monoisotopic (exact) mass is 515 g/mol. The Balaban J connectivity index is 1.64. The Bertz CT molecular complexity index is 1290. The van der Waals surface area contributed by atoms with Crippen molar-refractivity contribution in [3.8, 4) is 5.75 Å². The van der Waals surface area contributed by atoms with Gasteiger partial charge >= 0.3 is 5.97 Å². The van der Waals surface area contributed by atoms with Gasteiger partial charge in [-0.15, -0.1) is 0 Å². The predicted octanol–water partition coefficient (Wildman–Crippen LogP) is 5.96. The van der Waals surface area contributed by atoms with Crippen LogP contribution in [0.4, 0.5) is 0 Å². The summed E-state index contributed by atoms with van der Waals surface area (Å²) < 4.78 is 11.9. The van der Waals surface area contributed by atoms with E-state index in [9.17, 15) is 9.59 Å². The lowest BCUT2D eigenvalue weighted by molar-refractivity contribution is -0.149. The van der Waals surface area contributed by atoms with E-state index in [1.54, 1.807) is 32.0 Å². The minimum Gasteiger partial charge on any atom is -0.479 e. The van der Waals surface area contributed by atoms with Crippen LogP contribution in [0.15, 0.2) is 46.3 Å². The number of aromatic nitrogens is 2. The first kappa shape index (κ1) is 25.2. The predicted molar refractivity (Wildman–Crippen MR) is 138 cm³/mol. The Labute approximate surface area is 213 Å². The summed E-state index contributed by atoms with van der Waals surface area (Å²) >= 11 is 12.7. The van der Waals surface area contributed by atoms with Crippen molar-refractivity contribution in [3.63, 3.8) is 0 Å². The molecule has 9 heteroatoms. The van der Waals surface area contributed by atoms with E-state index in [0.717, 1.165) is 25.7 Å². The summed E-state index contributed by atoms with van der Waals surface area (Å²) in [6.07, 6.45) is 6.63. The van der Waals surface area contributed by atoms with Gasteiger partial charge in [-0.05, 0) is 56.5 Å². The van der Waals surface area contributed by atoms with Crippen molar-refractivity contribution in [1.82, 2.24) is 9.66 Å². The second-order valence-electron chi connectivity index (χ2n) is 8.82. The number of para-hydroxylation sites is 1. The van der Waals surface area contributed by atoms with Crippen molar-refractivity contribution in [1.29, 1.82) is 0 Å². The van der Waals surface area contributed by atoms with Crippen LogP contribution >= 0.6 is 23.2 Å². The molecule has 0 saturated heterocycles. The van der Waals surface area contributed by atoms with Crippen LogP contribution in [0.25, 0.3) is 10.9 Å². The zero-order chi connectivity index (χ0) is 24.9. The number of fused-ring (bicyclic) bond motifs is 1. The highest BCUT2D eigenvalue weighted by Gasteiger charge is 2.22. The summed E-state index contributed by atoms with van der Waals surface area (Å²) in [5.74, 6) is 0.507. The molecule has 0 atom stereocenters. The molecule has 1 aliphatic rings. The van der Waals surface area contributed by atoms with E-state index in [4.69, 9.17) is 37.7 Å². The molecule has 0 spiro atoms. The van der Waals surface area contributed by atoms with Crippen LogP contribution in [0.1, 0.15) is 63.3 Å². The standard InChI is InChI=1S/C26H27Cl2N3O4/c1-16(2)35-23(32)15-34-24-20(27)12-17(13-21(24)28)14-29-31-25(18-8-4-3-5-9-18)30-22-11-7-6-10-19(22)26(31)33/h6-7,10-14,16,18H,3-5,8-9,15H2,1-2H3. The lowest BCUT2D eigenvalue weighted by Gasteiger charge is -2.22. The van der Waals surface area contributed by atoms with Gasteiger partial charge < -0.3 is 9.47 Å². The zero-order valence-electron chi connectivity index (χ0n) is 19.7. The Hall–Kier alpha value is -2.90. The van der Waals surface area contributed by atoms with E-state index < -0.39 is 5.97 Å². The number of esters is 1. The van der Waals surface area contributed by atoms with E-state index in [1.807, 2.05) is 18.2 Å². The lowest BCUT2D eigenvalue weighted by atomic mass is 9.88. The van der Waals surface area contributed by atoms with Crippen LogP contribution in [0, 0.1) is 0 Å². The Morgan fingerprint density at radius 2 is 1.86 bits per heavy atom. The van der Waals surface area contributed by atoms with Crippen LogP contribution in [0.5, 0.6) is 5.75 Å². The number of halogens is 2. The maximum atomic E-state index is 13.3. The zero-order valence-corrected chi connectivity index (χ0v) is 21.2. The van der Waals surface area contributed by atoms with Crippen molar-refractivity contribution in [2.24, 2.45) is 5.10 Å². The molecule has 1 saturated carbocycles. The summed E-state index contributed by atoms with van der Waals surface area (Å²) in [5.41, 5.74) is 1.04. The van der Waals surface area contributed by atoms with Gasteiger partial charge in [0.1, 0.15) is 5.82 Å². The average Bonchev–Trinajstić information content (AvgIpc) is 2.83. The van der Waals surface area contributed by atoms with Crippen LogP contribution in [-0.2, 0) is 9.53 Å². The van der Waals surface area contributed by atoms with Crippen molar-refractivity contribution in [2.75, 3.05) is 6.61 Å². The van der Waals surface area contributed by atoms with Crippen molar-refractivity contribution in [2.45, 2.75) is 58.0 Å². The number of hydrogen-bond donors (Lipinski definition) is 0. The van der Waals surface area contributed by atoms with Crippen LogP contribution < -0.4 is 10.3 Å². The molecule has 0 aliphatic heterocycles. The lowest BCUT2D eigenvalue weighted by Crippen LogP contribution is -2.25. The van der Waals surface area contributed by atoms with Crippen molar-refractivity contribution in [3.05, 3.63) is 68.2 Å². The van der Waals surface area contributed by atoms with E-state index in [0.29, 0.717) is 22.3 Å². The largest absolute Gasteiger partial charge is 0.479 e. The number of carbonyl (C=O) groups excluding carboxylic acids is 1. The van der Waals surface area contributed by atoms with Gasteiger partial charge in [-0.25, -0.2) is 9.78 Å². The van der Waals surface area contributed by atoms with Gasteiger partial charge in [0, 0.05) is 5.92 Å². The summed E-state index contributed by atoms with van der Waals surface area (Å²) in [7, 11) is 0. The summed E-state index contributed by atoms with van der Waals surface area (Å²) in [4.78, 5) is 29.9. The highest BCUT2D eigenvalue weighted by Crippen LogP contribution is 2.34. The van der Waals surface area contributed by atoms with Gasteiger partial charge in [0.25, 0.3) is 5.56 Å². The van der Waals surface area contributed by atoms with Crippen LogP contribution in [0.3, 0.4) is 0 Å². The SMILES string of the molecule is CC(C)OC(=O)COc1c(Cl)cc(C=Nn2c(C3CCCCC3)nc3ccccc3c2=O)cc1Cl. The van der Waals surface area contributed by atoms with E-state index in [-0.39, 0.29) is 40.0 Å². The summed E-state index contributed by atoms with van der Waals surface area (Å²) in [6, 6.07) is 10.5. The molecule has 0 radical (unpaired) electrons. The third kappa shape index (κ3) is 6.03. The fourth-order valence-corrected chi connectivity index (χ4v) is 4.83. The molecule has 1 heterocycles. The molecule has 1 aromatic heterocycles. The number of carbonyl (C=O) groups is 1. The minimum absolute atomic E-state index is 0.173. The Morgan fingerprint density at radius 1 is 1.17 bits per heavy atom. The van der Waals surface area contributed by atoms with Crippen molar-refractivity contribution >= 4 is 46.3 Å². The highest BCUT2D eigenvalue weighted by atomic mass is 35.5. The van der Waals surface area contributed by atoms with Gasteiger partial charge in [0.05, 0.1) is 33.3 Å². The highest BCUT2D eigenvalue weighted by molar-refractivity contribution is 6.37. The molecule has 2 aromatic carbocycles. The van der Waals surface area contributed by atoms with E-state index in [1.165, 1.54) is 17.3 Å². The summed E-state index contributed by atoms with van der Waals surface area (Å²) in [5, 5.41) is 5.45. The smallest absolute Gasteiger partial charge is 0.344 e. The van der Waals surface area contributed by atoms with Crippen molar-refractivity contribution < 1.29 is 14.3 Å². The normalized spacial score (nSPS) is 14.7. The van der Waals surface area contributed by atoms with E-state index in [2.05, 4.69) is 5.10 Å². The molecular formula is C26H27Cl2N3O4. The molecule has 0 bridgehead atoms. The molecule has 1 fully saturated rings. The first-order valence-corrected chi connectivity index (χ1v) is 12.5. The van der Waals surface area contributed by atoms with Crippen LogP contribution in [-0.4, -0.2) is 34.6 Å². The minimum atomic E-state index is -0.517. The second kappa shape index (κ2) is 11.2. The molecular weight excluding hydrogens is 489 g/mol. The molecule has 1 aliphatic carbocycles. The fourth-order valence-electron chi connectivity index (χ4n) is 4.22. The van der Waals surface area contributed by atoms with Gasteiger partial charge in [0.2, 0.25) is 0 Å². The maximum absolute atomic E-state index is 13.3. The Kier molecular flexibility index (Phi) is 8.08. The number of benzene rings is 2. The van der Waals surface area contributed by atoms with Gasteiger partial charge in [-0.1, -0.05) is 54.6 Å². The molecule has 4 rings (SSSR count). The third-order valence-corrected chi connectivity index (χ3v) is 6.36. The van der Waals surface area contributed by atoms with Gasteiger partial charge in [-0.2, -0.15) is 9.78 Å². The first-order valence-electron chi connectivity index (χ1n) is 11.7. The quantitative estimate of drug-likeness (QED) is 0.286.